The van der Waals surface area contributed by atoms with Crippen LogP contribution < -0.4 is 9.47 Å². The fourth-order valence-corrected chi connectivity index (χ4v) is 3.00. The Morgan fingerprint density at radius 1 is 0.583 bits per heavy atom. The molecule has 0 saturated carbocycles. The van der Waals surface area contributed by atoms with Crippen molar-refractivity contribution >= 4 is 21.5 Å². The Morgan fingerprint density at radius 3 is 1.21 bits per heavy atom. The topological polar surface area (TPSA) is 18.5 Å². The van der Waals surface area contributed by atoms with Crippen LogP contribution in [-0.2, 0) is 0 Å². The second kappa shape index (κ2) is 8.05. The molecule has 126 valence electrons. The molecule has 0 radical (unpaired) electrons. The van der Waals surface area contributed by atoms with Crippen molar-refractivity contribution in [2.24, 2.45) is 0 Å². The zero-order valence-corrected chi connectivity index (χ0v) is 14.7. The molecule has 0 aliphatic carbocycles. The van der Waals surface area contributed by atoms with Crippen LogP contribution in [0.1, 0.15) is 39.5 Å². The van der Waals surface area contributed by atoms with Crippen LogP contribution in [-0.4, -0.2) is 13.2 Å². The SMILES string of the molecule is CCCCOc1c2ccccc2c(OCCCC)c2ccccc12. The van der Waals surface area contributed by atoms with Gasteiger partial charge in [0.15, 0.2) is 0 Å². The van der Waals surface area contributed by atoms with E-state index in [2.05, 4.69) is 62.4 Å². The molecule has 0 unspecified atom stereocenters. The Balaban J connectivity index is 2.17. The summed E-state index contributed by atoms with van der Waals surface area (Å²) >= 11 is 0. The van der Waals surface area contributed by atoms with Gasteiger partial charge >= 0.3 is 0 Å². The Kier molecular flexibility index (Phi) is 5.58. The summed E-state index contributed by atoms with van der Waals surface area (Å²) in [4.78, 5) is 0. The van der Waals surface area contributed by atoms with Crippen LogP contribution in [0.3, 0.4) is 0 Å². The largest absolute Gasteiger partial charge is 0.492 e. The fourth-order valence-electron chi connectivity index (χ4n) is 3.00. The van der Waals surface area contributed by atoms with E-state index in [0.717, 1.165) is 71.9 Å². The van der Waals surface area contributed by atoms with Crippen molar-refractivity contribution in [1.29, 1.82) is 0 Å². The molecule has 0 aliphatic heterocycles. The summed E-state index contributed by atoms with van der Waals surface area (Å²) in [5.74, 6) is 1.97. The molecule has 0 amide bonds. The van der Waals surface area contributed by atoms with E-state index in [0.29, 0.717) is 0 Å². The fraction of sp³-hybridized carbons (Fsp3) is 0.364. The number of rotatable bonds is 8. The summed E-state index contributed by atoms with van der Waals surface area (Å²) in [7, 11) is 0. The number of benzene rings is 3. The molecule has 2 heteroatoms. The molecule has 0 N–H and O–H groups in total. The Bertz CT molecular complexity index is 683. The summed E-state index contributed by atoms with van der Waals surface area (Å²) in [6.07, 6.45) is 4.40. The highest BCUT2D eigenvalue weighted by Crippen LogP contribution is 2.42. The molecule has 0 spiro atoms. The van der Waals surface area contributed by atoms with Gasteiger partial charge in [-0.3, -0.25) is 0 Å². The van der Waals surface area contributed by atoms with Crippen molar-refractivity contribution < 1.29 is 9.47 Å². The van der Waals surface area contributed by atoms with E-state index in [1.807, 2.05) is 0 Å². The average molecular weight is 322 g/mol. The third-order valence-electron chi connectivity index (χ3n) is 4.32. The van der Waals surface area contributed by atoms with Gasteiger partial charge in [0, 0.05) is 21.5 Å². The van der Waals surface area contributed by atoms with Gasteiger partial charge in [-0.05, 0) is 12.8 Å². The van der Waals surface area contributed by atoms with Crippen molar-refractivity contribution in [3.05, 3.63) is 48.5 Å². The summed E-state index contributed by atoms with van der Waals surface area (Å²) in [5, 5.41) is 4.55. The van der Waals surface area contributed by atoms with Gasteiger partial charge < -0.3 is 9.47 Å². The number of hydrogen-bond acceptors (Lipinski definition) is 2. The van der Waals surface area contributed by atoms with Gasteiger partial charge in [0.05, 0.1) is 13.2 Å². The molecule has 0 heterocycles. The van der Waals surface area contributed by atoms with Gasteiger partial charge in [0.25, 0.3) is 0 Å². The zero-order chi connectivity index (χ0) is 16.8. The molecular formula is C22H26O2. The van der Waals surface area contributed by atoms with Crippen molar-refractivity contribution in [1.82, 2.24) is 0 Å². The third-order valence-corrected chi connectivity index (χ3v) is 4.32. The standard InChI is InChI=1S/C22H26O2/c1-3-5-15-23-21-17-11-7-9-13-19(17)22(24-16-6-4-2)20-14-10-8-12-18(20)21/h7-14H,3-6,15-16H2,1-2H3. The Hall–Kier alpha value is -2.22. The molecule has 0 aromatic heterocycles. The van der Waals surface area contributed by atoms with Crippen LogP contribution in [0.2, 0.25) is 0 Å². The number of hydrogen-bond donors (Lipinski definition) is 0. The Morgan fingerprint density at radius 2 is 0.917 bits per heavy atom. The van der Waals surface area contributed by atoms with Gasteiger partial charge in [0.2, 0.25) is 0 Å². The van der Waals surface area contributed by atoms with Crippen LogP contribution >= 0.6 is 0 Å². The minimum atomic E-state index is 0.751. The van der Waals surface area contributed by atoms with E-state index in [-0.39, 0.29) is 0 Å². The van der Waals surface area contributed by atoms with Crippen LogP contribution in [0.4, 0.5) is 0 Å². The summed E-state index contributed by atoms with van der Waals surface area (Å²) in [5.41, 5.74) is 0. The maximum Gasteiger partial charge on any atom is 0.135 e. The first-order valence-corrected chi connectivity index (χ1v) is 9.05. The molecule has 3 aromatic carbocycles. The first-order valence-electron chi connectivity index (χ1n) is 9.05. The minimum absolute atomic E-state index is 0.751. The molecule has 0 aliphatic rings. The van der Waals surface area contributed by atoms with Crippen molar-refractivity contribution in [3.8, 4) is 11.5 Å². The van der Waals surface area contributed by atoms with Crippen LogP contribution in [0.25, 0.3) is 21.5 Å². The van der Waals surface area contributed by atoms with Crippen LogP contribution in [0, 0.1) is 0 Å². The van der Waals surface area contributed by atoms with Crippen molar-refractivity contribution in [3.63, 3.8) is 0 Å². The summed E-state index contributed by atoms with van der Waals surface area (Å²) < 4.78 is 12.4. The Labute approximate surface area is 144 Å². The van der Waals surface area contributed by atoms with Gasteiger partial charge in [-0.2, -0.15) is 0 Å². The quantitative estimate of drug-likeness (QED) is 0.355. The molecule has 3 aromatic rings. The molecule has 0 atom stereocenters. The lowest BCUT2D eigenvalue weighted by atomic mass is 10.0. The van der Waals surface area contributed by atoms with Crippen LogP contribution in [0.5, 0.6) is 11.5 Å². The maximum atomic E-state index is 6.20. The predicted octanol–water partition coefficient (Wildman–Crippen LogP) is 6.35. The lowest BCUT2D eigenvalue weighted by Gasteiger charge is -2.17. The second-order valence-electron chi connectivity index (χ2n) is 6.15. The van der Waals surface area contributed by atoms with E-state index in [1.165, 1.54) is 0 Å². The van der Waals surface area contributed by atoms with Crippen molar-refractivity contribution in [2.75, 3.05) is 13.2 Å². The normalized spacial score (nSPS) is 11.1. The van der Waals surface area contributed by atoms with E-state index < -0.39 is 0 Å². The zero-order valence-electron chi connectivity index (χ0n) is 14.7. The van der Waals surface area contributed by atoms with Gasteiger partial charge in [-0.25, -0.2) is 0 Å². The molecule has 2 nitrogen and oxygen atoms in total. The summed E-state index contributed by atoms with van der Waals surface area (Å²) in [6.45, 7) is 5.87. The summed E-state index contributed by atoms with van der Waals surface area (Å²) in [6, 6.07) is 16.8. The molecule has 0 bridgehead atoms. The van der Waals surface area contributed by atoms with Gasteiger partial charge in [-0.1, -0.05) is 75.2 Å². The molecule has 24 heavy (non-hydrogen) atoms. The smallest absolute Gasteiger partial charge is 0.135 e. The van der Waals surface area contributed by atoms with Crippen LogP contribution in [0.15, 0.2) is 48.5 Å². The number of unbranched alkanes of at least 4 members (excludes halogenated alkanes) is 2. The van der Waals surface area contributed by atoms with Crippen molar-refractivity contribution in [2.45, 2.75) is 39.5 Å². The average Bonchev–Trinajstić information content (AvgIpc) is 2.63. The van der Waals surface area contributed by atoms with Gasteiger partial charge in [0.1, 0.15) is 11.5 Å². The first-order chi connectivity index (χ1) is 11.9. The highest BCUT2D eigenvalue weighted by Gasteiger charge is 2.15. The highest BCUT2D eigenvalue weighted by atomic mass is 16.5. The third kappa shape index (κ3) is 3.33. The van der Waals surface area contributed by atoms with Gasteiger partial charge in [-0.15, -0.1) is 0 Å². The van der Waals surface area contributed by atoms with E-state index in [1.54, 1.807) is 0 Å². The molecule has 0 saturated heterocycles. The van der Waals surface area contributed by atoms with E-state index in [9.17, 15) is 0 Å². The number of fused-ring (bicyclic) bond motifs is 2. The lowest BCUT2D eigenvalue weighted by Crippen LogP contribution is -2.01. The second-order valence-corrected chi connectivity index (χ2v) is 6.15. The predicted molar refractivity (Wildman–Crippen MR) is 102 cm³/mol. The monoisotopic (exact) mass is 322 g/mol. The highest BCUT2D eigenvalue weighted by molar-refractivity contribution is 6.11. The number of ether oxygens (including phenoxy) is 2. The maximum absolute atomic E-state index is 6.20. The lowest BCUT2D eigenvalue weighted by molar-refractivity contribution is 0.311. The molecule has 0 fully saturated rings. The van der Waals surface area contributed by atoms with E-state index >= 15 is 0 Å². The first kappa shape index (κ1) is 16.6. The van der Waals surface area contributed by atoms with E-state index in [4.69, 9.17) is 9.47 Å². The molecular weight excluding hydrogens is 296 g/mol. The molecule has 3 rings (SSSR count). The minimum Gasteiger partial charge on any atom is -0.492 e.